The molecule has 0 aromatic heterocycles. The van der Waals surface area contributed by atoms with Crippen molar-refractivity contribution >= 4 is 5.97 Å². The van der Waals surface area contributed by atoms with Gasteiger partial charge >= 0.3 is 65.1 Å². The summed E-state index contributed by atoms with van der Waals surface area (Å²) in [6.45, 7) is -0.778. The minimum Gasteiger partial charge on any atom is -1.00 e. The number of aliphatic hydroxyl groups is 1. The van der Waals surface area contributed by atoms with Crippen LogP contribution < -0.4 is 59.1 Å². The average Bonchev–Trinajstić information content (AvgIpc) is 1.38. The SMILES string of the molecule is O=C(O)CO.[H-].[H-].[Na+].[Na+]. The molecule has 0 rings (SSSR count). The summed E-state index contributed by atoms with van der Waals surface area (Å²) in [5.74, 6) is -1.19. The zero-order valence-electron chi connectivity index (χ0n) is 6.51. The molecular formula is C2H6Na2O3. The smallest absolute Gasteiger partial charge is 1.00 e. The van der Waals surface area contributed by atoms with Gasteiger partial charge < -0.3 is 13.1 Å². The predicted molar refractivity (Wildman–Crippen MR) is 16.9 cm³/mol. The van der Waals surface area contributed by atoms with Crippen molar-refractivity contribution in [2.75, 3.05) is 6.61 Å². The molecule has 0 aliphatic heterocycles. The van der Waals surface area contributed by atoms with Gasteiger partial charge in [-0.1, -0.05) is 0 Å². The second kappa shape index (κ2) is 10.4. The molecule has 0 heterocycles. The zero-order valence-corrected chi connectivity index (χ0v) is 8.51. The van der Waals surface area contributed by atoms with Gasteiger partial charge in [-0.2, -0.15) is 0 Å². The van der Waals surface area contributed by atoms with Gasteiger partial charge in [0.05, 0.1) is 0 Å². The Kier molecular flexibility index (Phi) is 23.5. The number of carboxylic acids is 1. The van der Waals surface area contributed by atoms with Crippen molar-refractivity contribution in [1.82, 2.24) is 0 Å². The van der Waals surface area contributed by atoms with E-state index in [-0.39, 0.29) is 62.0 Å². The number of carbonyl (C=O) groups is 1. The standard InChI is InChI=1S/C2H4O3.2Na.2H/c3-1-2(4)5;;;;/h3H,1H2,(H,4,5);;;;/q;2*+1;2*-1. The van der Waals surface area contributed by atoms with Crippen LogP contribution in [0.2, 0.25) is 0 Å². The Labute approximate surface area is 88.7 Å². The number of rotatable bonds is 1. The number of aliphatic hydroxyl groups excluding tert-OH is 1. The zero-order chi connectivity index (χ0) is 4.28. The molecule has 0 aliphatic rings. The predicted octanol–water partition coefficient (Wildman–Crippen LogP) is -6.70. The second-order valence-corrected chi connectivity index (χ2v) is 0.552. The fourth-order valence-corrected chi connectivity index (χ4v) is 0. The molecule has 0 amide bonds. The first-order valence-corrected chi connectivity index (χ1v) is 1.10. The quantitative estimate of drug-likeness (QED) is 0.342. The molecule has 2 N–H and O–H groups in total. The maximum absolute atomic E-state index is 9.12. The third kappa shape index (κ3) is 18.6. The fourth-order valence-electron chi connectivity index (χ4n) is 0. The van der Waals surface area contributed by atoms with Gasteiger partial charge in [0.1, 0.15) is 6.61 Å². The van der Waals surface area contributed by atoms with Crippen LogP contribution in [-0.2, 0) is 4.79 Å². The first-order chi connectivity index (χ1) is 2.27. The van der Waals surface area contributed by atoms with Crippen molar-refractivity contribution in [3.05, 3.63) is 0 Å². The van der Waals surface area contributed by atoms with E-state index in [1.807, 2.05) is 0 Å². The molecule has 34 valence electrons. The summed E-state index contributed by atoms with van der Waals surface area (Å²) in [5, 5.41) is 15.0. The topological polar surface area (TPSA) is 57.5 Å². The summed E-state index contributed by atoms with van der Waals surface area (Å²) >= 11 is 0. The van der Waals surface area contributed by atoms with Crippen LogP contribution in [0.5, 0.6) is 0 Å². The van der Waals surface area contributed by atoms with E-state index in [4.69, 9.17) is 15.0 Å². The van der Waals surface area contributed by atoms with E-state index >= 15 is 0 Å². The Hall–Kier alpha value is 1.43. The number of hydrogen-bond donors (Lipinski definition) is 2. The maximum atomic E-state index is 9.12. The molecule has 0 saturated carbocycles. The molecule has 0 fully saturated rings. The molecule has 7 heavy (non-hydrogen) atoms. The van der Waals surface area contributed by atoms with Gasteiger partial charge in [0.15, 0.2) is 0 Å². The van der Waals surface area contributed by atoms with E-state index in [0.717, 1.165) is 0 Å². The van der Waals surface area contributed by atoms with Crippen molar-refractivity contribution < 1.29 is 77.0 Å². The van der Waals surface area contributed by atoms with Crippen LogP contribution in [0.1, 0.15) is 2.85 Å². The van der Waals surface area contributed by atoms with E-state index in [9.17, 15) is 0 Å². The third-order valence-electron chi connectivity index (χ3n) is 0.135. The molecule has 0 radical (unpaired) electrons. The van der Waals surface area contributed by atoms with E-state index in [0.29, 0.717) is 0 Å². The number of hydrogen-bond acceptors (Lipinski definition) is 2. The minimum atomic E-state index is -1.19. The van der Waals surface area contributed by atoms with E-state index < -0.39 is 12.6 Å². The molecule has 0 unspecified atom stereocenters. The maximum Gasteiger partial charge on any atom is 1.00 e. The van der Waals surface area contributed by atoms with Crippen molar-refractivity contribution in [3.63, 3.8) is 0 Å². The van der Waals surface area contributed by atoms with Gasteiger partial charge in [-0.25, -0.2) is 4.79 Å². The summed E-state index contributed by atoms with van der Waals surface area (Å²) in [5.41, 5.74) is 0. The Morgan fingerprint density at radius 3 is 1.71 bits per heavy atom. The van der Waals surface area contributed by atoms with E-state index in [1.54, 1.807) is 0 Å². The van der Waals surface area contributed by atoms with Gasteiger partial charge in [-0.15, -0.1) is 0 Å². The molecule has 3 nitrogen and oxygen atoms in total. The summed E-state index contributed by atoms with van der Waals surface area (Å²) in [7, 11) is 0. The van der Waals surface area contributed by atoms with Crippen LogP contribution in [0.15, 0.2) is 0 Å². The Balaban J connectivity index is -0.0000000133. The van der Waals surface area contributed by atoms with Crippen molar-refractivity contribution in [2.45, 2.75) is 0 Å². The van der Waals surface area contributed by atoms with E-state index in [1.165, 1.54) is 0 Å². The van der Waals surface area contributed by atoms with Crippen molar-refractivity contribution in [1.29, 1.82) is 0 Å². The molecule has 0 aromatic carbocycles. The summed E-state index contributed by atoms with van der Waals surface area (Å²) in [4.78, 5) is 9.12. The summed E-state index contributed by atoms with van der Waals surface area (Å²) in [6, 6.07) is 0. The van der Waals surface area contributed by atoms with Gasteiger partial charge in [-0.3, -0.25) is 0 Å². The van der Waals surface area contributed by atoms with Crippen LogP contribution >= 0.6 is 0 Å². The fraction of sp³-hybridized carbons (Fsp3) is 0.500. The van der Waals surface area contributed by atoms with Crippen LogP contribution in [-0.4, -0.2) is 22.8 Å². The Morgan fingerprint density at radius 2 is 1.71 bits per heavy atom. The van der Waals surface area contributed by atoms with Crippen molar-refractivity contribution in [2.24, 2.45) is 0 Å². The Bertz CT molecular complexity index is 53.1. The minimum absolute atomic E-state index is 0. The molecule has 0 aliphatic carbocycles. The summed E-state index contributed by atoms with van der Waals surface area (Å²) < 4.78 is 0. The average molecular weight is 124 g/mol. The number of aliphatic carboxylic acids is 1. The first kappa shape index (κ1) is 15.8. The van der Waals surface area contributed by atoms with Crippen LogP contribution in [0.3, 0.4) is 0 Å². The van der Waals surface area contributed by atoms with Crippen LogP contribution in [0.4, 0.5) is 0 Å². The third-order valence-corrected chi connectivity index (χ3v) is 0.135. The largest absolute Gasteiger partial charge is 1.00 e. The molecule has 0 bridgehead atoms. The second-order valence-electron chi connectivity index (χ2n) is 0.552. The molecule has 0 atom stereocenters. The van der Waals surface area contributed by atoms with Gasteiger partial charge in [0.2, 0.25) is 0 Å². The van der Waals surface area contributed by atoms with Crippen molar-refractivity contribution in [3.8, 4) is 0 Å². The number of carboxylic acid groups (broad SMARTS) is 1. The van der Waals surface area contributed by atoms with Crippen LogP contribution in [0.25, 0.3) is 0 Å². The molecule has 0 aromatic rings. The summed E-state index contributed by atoms with van der Waals surface area (Å²) in [6.07, 6.45) is 0. The van der Waals surface area contributed by atoms with Gasteiger partial charge in [0, 0.05) is 0 Å². The van der Waals surface area contributed by atoms with E-state index in [2.05, 4.69) is 0 Å². The van der Waals surface area contributed by atoms with Gasteiger partial charge in [0.25, 0.3) is 0 Å². The molecule has 0 saturated heterocycles. The normalized spacial score (nSPS) is 5.29. The molecular weight excluding hydrogens is 118 g/mol. The molecule has 5 heteroatoms. The molecule has 0 spiro atoms. The van der Waals surface area contributed by atoms with Gasteiger partial charge in [-0.05, 0) is 0 Å². The first-order valence-electron chi connectivity index (χ1n) is 1.10. The Morgan fingerprint density at radius 1 is 1.57 bits per heavy atom. The monoisotopic (exact) mass is 124 g/mol. The van der Waals surface area contributed by atoms with Crippen LogP contribution in [0, 0.1) is 0 Å².